The lowest BCUT2D eigenvalue weighted by atomic mass is 10.1. The predicted molar refractivity (Wildman–Crippen MR) is 121 cm³/mol. The molecule has 0 saturated carbocycles. The van der Waals surface area contributed by atoms with E-state index in [2.05, 4.69) is 14.9 Å². The second-order valence-corrected chi connectivity index (χ2v) is 7.50. The summed E-state index contributed by atoms with van der Waals surface area (Å²) in [5.41, 5.74) is 8.75. The maximum Gasteiger partial charge on any atom is 0.573 e. The number of ether oxygens (including phenoxy) is 2. The molecule has 3 aromatic carbocycles. The van der Waals surface area contributed by atoms with Gasteiger partial charge in [-0.3, -0.25) is 0 Å². The van der Waals surface area contributed by atoms with E-state index in [0.29, 0.717) is 10.9 Å². The summed E-state index contributed by atoms with van der Waals surface area (Å²) in [5.74, 6) is 0.858. The fraction of sp³-hybridized carbons (Fsp3) is 0.130. The lowest BCUT2D eigenvalue weighted by molar-refractivity contribution is -0.274. The Balaban J connectivity index is 1.45. The smallest absolute Gasteiger partial charge is 0.489 e. The third-order valence-electron chi connectivity index (χ3n) is 4.04. The first-order chi connectivity index (χ1) is 15.4. The van der Waals surface area contributed by atoms with Crippen LogP contribution in [0, 0.1) is 0 Å². The predicted octanol–water partition coefficient (Wildman–Crippen LogP) is 5.75. The van der Waals surface area contributed by atoms with Crippen molar-refractivity contribution in [3.63, 3.8) is 0 Å². The number of halogens is 3. The van der Waals surface area contributed by atoms with Crippen LogP contribution in [0.4, 0.5) is 13.2 Å². The van der Waals surface area contributed by atoms with E-state index in [4.69, 9.17) is 10.5 Å². The van der Waals surface area contributed by atoms with E-state index in [1.807, 2.05) is 54.6 Å². The number of nitrogens with zero attached hydrogens (tertiary/aromatic N) is 2. The first-order valence-electron chi connectivity index (χ1n) is 9.48. The average Bonchev–Trinajstić information content (AvgIpc) is 2.78. The molecule has 5 nitrogen and oxygen atoms in total. The maximum absolute atomic E-state index is 12.2. The Morgan fingerprint density at radius 1 is 0.875 bits per heavy atom. The third kappa shape index (κ3) is 8.35. The third-order valence-corrected chi connectivity index (χ3v) is 4.89. The number of amidine groups is 1. The Kier molecular flexibility index (Phi) is 8.15. The molecule has 0 heterocycles. The molecule has 2 N–H and O–H groups in total. The molecule has 0 amide bonds. The van der Waals surface area contributed by atoms with Crippen LogP contribution in [0.2, 0.25) is 0 Å². The van der Waals surface area contributed by atoms with Gasteiger partial charge in [0.25, 0.3) is 0 Å². The zero-order chi connectivity index (χ0) is 22.8. The van der Waals surface area contributed by atoms with Gasteiger partial charge in [-0.1, -0.05) is 66.4 Å². The molecule has 0 spiro atoms. The summed E-state index contributed by atoms with van der Waals surface area (Å²) in [5, 5.41) is 8.36. The van der Waals surface area contributed by atoms with Crippen molar-refractivity contribution >= 4 is 23.1 Å². The van der Waals surface area contributed by atoms with Gasteiger partial charge in [0.15, 0.2) is 5.17 Å². The fourth-order valence-corrected chi connectivity index (χ4v) is 3.13. The van der Waals surface area contributed by atoms with Crippen LogP contribution >= 0.6 is 11.8 Å². The average molecular weight is 459 g/mol. The molecule has 0 fully saturated rings. The quantitative estimate of drug-likeness (QED) is 0.265. The molecule has 0 aliphatic heterocycles. The van der Waals surface area contributed by atoms with Crippen LogP contribution in [-0.2, 0) is 12.4 Å². The summed E-state index contributed by atoms with van der Waals surface area (Å²) < 4.78 is 46.0. The van der Waals surface area contributed by atoms with Crippen LogP contribution in [0.5, 0.6) is 11.5 Å². The largest absolute Gasteiger partial charge is 0.573 e. The van der Waals surface area contributed by atoms with E-state index in [9.17, 15) is 13.2 Å². The van der Waals surface area contributed by atoms with Crippen molar-refractivity contribution in [1.82, 2.24) is 0 Å². The summed E-state index contributed by atoms with van der Waals surface area (Å²) in [4.78, 5) is 0. The fourth-order valence-electron chi connectivity index (χ4n) is 2.52. The Hall–Kier alpha value is -3.46. The zero-order valence-electron chi connectivity index (χ0n) is 16.8. The van der Waals surface area contributed by atoms with Crippen LogP contribution < -0.4 is 15.2 Å². The van der Waals surface area contributed by atoms with Crippen molar-refractivity contribution in [3.05, 3.63) is 95.6 Å². The monoisotopic (exact) mass is 459 g/mol. The van der Waals surface area contributed by atoms with Crippen molar-refractivity contribution < 1.29 is 22.6 Å². The van der Waals surface area contributed by atoms with Crippen LogP contribution in [0.3, 0.4) is 0 Å². The van der Waals surface area contributed by atoms with Gasteiger partial charge in [0.1, 0.15) is 18.1 Å². The molecule has 0 aliphatic carbocycles. The highest BCUT2D eigenvalue weighted by Gasteiger charge is 2.30. The second kappa shape index (κ2) is 11.2. The lowest BCUT2D eigenvalue weighted by Crippen LogP contribution is -2.16. The molecule has 3 aromatic rings. The van der Waals surface area contributed by atoms with Crippen molar-refractivity contribution in [1.29, 1.82) is 0 Å². The molecule has 32 heavy (non-hydrogen) atoms. The topological polar surface area (TPSA) is 69.2 Å². The molecule has 0 aliphatic rings. The summed E-state index contributed by atoms with van der Waals surface area (Å²) in [6.45, 7) is 0.262. The van der Waals surface area contributed by atoms with Crippen molar-refractivity contribution in [2.24, 2.45) is 15.9 Å². The van der Waals surface area contributed by atoms with Crippen LogP contribution in [-0.4, -0.2) is 17.7 Å². The molecule has 3 rings (SSSR count). The highest BCUT2D eigenvalue weighted by atomic mass is 32.2. The Morgan fingerprint density at radius 3 is 2.19 bits per heavy atom. The number of benzene rings is 3. The number of nitrogens with two attached hydrogens (primary N) is 1. The second-order valence-electron chi connectivity index (χ2n) is 6.51. The zero-order valence-corrected chi connectivity index (χ0v) is 17.6. The minimum absolute atomic E-state index is 0.262. The van der Waals surface area contributed by atoms with Crippen LogP contribution in [0.15, 0.2) is 89.1 Å². The van der Waals surface area contributed by atoms with E-state index in [1.165, 1.54) is 36.0 Å². The van der Waals surface area contributed by atoms with Gasteiger partial charge in [-0.05, 0) is 41.0 Å². The molecule has 0 bridgehead atoms. The number of rotatable bonds is 8. The Bertz CT molecular complexity index is 1040. The lowest BCUT2D eigenvalue weighted by Gasteiger charge is -2.10. The van der Waals surface area contributed by atoms with Gasteiger partial charge in [-0.15, -0.1) is 18.3 Å². The minimum atomic E-state index is -4.72. The van der Waals surface area contributed by atoms with E-state index in [0.717, 1.165) is 22.4 Å². The maximum atomic E-state index is 12.2. The number of thioether (sulfide) groups is 1. The van der Waals surface area contributed by atoms with Crippen LogP contribution in [0.1, 0.15) is 16.7 Å². The number of hydrogen-bond donors (Lipinski definition) is 1. The molecule has 0 unspecified atom stereocenters. The van der Waals surface area contributed by atoms with Gasteiger partial charge in [-0.2, -0.15) is 5.10 Å². The summed E-state index contributed by atoms with van der Waals surface area (Å²) >= 11 is 1.41. The molecular formula is C23H20F3N3O2S. The molecular weight excluding hydrogens is 439 g/mol. The molecule has 166 valence electrons. The number of alkyl halides is 3. The van der Waals surface area contributed by atoms with E-state index in [1.54, 1.807) is 6.21 Å². The normalized spacial score (nSPS) is 12.2. The first-order valence-corrected chi connectivity index (χ1v) is 10.5. The van der Waals surface area contributed by atoms with Crippen molar-refractivity contribution in [2.75, 3.05) is 0 Å². The molecule has 0 atom stereocenters. The van der Waals surface area contributed by atoms with Gasteiger partial charge >= 0.3 is 6.36 Å². The minimum Gasteiger partial charge on any atom is -0.489 e. The van der Waals surface area contributed by atoms with E-state index >= 15 is 0 Å². The summed E-state index contributed by atoms with van der Waals surface area (Å²) in [6.07, 6.45) is -3.12. The summed E-state index contributed by atoms with van der Waals surface area (Å²) in [6, 6.07) is 22.6. The van der Waals surface area contributed by atoms with Crippen LogP contribution in [0.25, 0.3) is 0 Å². The number of hydrogen-bond acceptors (Lipinski definition) is 5. The van der Waals surface area contributed by atoms with Gasteiger partial charge in [0.2, 0.25) is 0 Å². The van der Waals surface area contributed by atoms with E-state index in [-0.39, 0.29) is 12.4 Å². The molecule has 0 aromatic heterocycles. The van der Waals surface area contributed by atoms with Gasteiger partial charge in [0.05, 0.1) is 6.21 Å². The van der Waals surface area contributed by atoms with Crippen molar-refractivity contribution in [3.8, 4) is 11.5 Å². The van der Waals surface area contributed by atoms with Gasteiger partial charge in [0, 0.05) is 5.75 Å². The SMILES string of the molecule is NC(=NN=Cc1ccc(COc2ccc(OC(F)(F)F)cc2)cc1)SCc1ccccc1. The first kappa shape index (κ1) is 23.2. The highest BCUT2D eigenvalue weighted by molar-refractivity contribution is 8.13. The molecule has 9 heteroatoms. The standard InChI is InChI=1S/C23H20F3N3O2S/c24-23(25,26)31-21-12-10-20(11-13-21)30-15-18-8-6-17(7-9-18)14-28-29-22(27)32-16-19-4-2-1-3-5-19/h1-14H,15-16H2,(H2,27,29). The van der Waals surface area contributed by atoms with Gasteiger partial charge < -0.3 is 15.2 Å². The van der Waals surface area contributed by atoms with Crippen molar-refractivity contribution in [2.45, 2.75) is 18.7 Å². The molecule has 0 radical (unpaired) electrons. The highest BCUT2D eigenvalue weighted by Crippen LogP contribution is 2.25. The van der Waals surface area contributed by atoms with E-state index < -0.39 is 6.36 Å². The molecule has 0 saturated heterocycles. The Morgan fingerprint density at radius 2 is 1.53 bits per heavy atom. The van der Waals surface area contributed by atoms with Gasteiger partial charge in [-0.25, -0.2) is 0 Å². The Labute approximate surface area is 187 Å². The summed E-state index contributed by atoms with van der Waals surface area (Å²) in [7, 11) is 0.